The molecule has 0 aliphatic carbocycles. The maximum atomic E-state index is 10.7. The summed E-state index contributed by atoms with van der Waals surface area (Å²) in [6.45, 7) is 6.21. The summed E-state index contributed by atoms with van der Waals surface area (Å²) in [6.07, 6.45) is 0.917. The van der Waals surface area contributed by atoms with Crippen LogP contribution in [0.4, 0.5) is 0 Å². The molecule has 0 aromatic heterocycles. The first-order valence-electron chi connectivity index (χ1n) is 3.66. The van der Waals surface area contributed by atoms with Crippen molar-refractivity contribution in [3.63, 3.8) is 0 Å². The largest absolute Gasteiger partial charge is 1.00 e. The molecule has 0 heterocycles. The van der Waals surface area contributed by atoms with Crippen molar-refractivity contribution in [2.75, 3.05) is 0 Å². The minimum absolute atomic E-state index is 0. The summed E-state index contributed by atoms with van der Waals surface area (Å²) < 4.78 is 31.9. The molecule has 0 rings (SSSR count). The topological polar surface area (TPSA) is 118 Å². The second-order valence-corrected chi connectivity index (χ2v) is 4.36. The van der Waals surface area contributed by atoms with Gasteiger partial charge in [-0.15, -0.1) is 0 Å². The monoisotopic (exact) mass is 247 g/mol. The van der Waals surface area contributed by atoms with E-state index in [0.29, 0.717) is 0 Å². The van der Waals surface area contributed by atoms with E-state index in [1.54, 1.807) is 0 Å². The standard InChI is InChI=1S/C7H13NO4S.Na.H2O/c1-4-6(9)8-7(5(2)3)13(10,11)12;;/h4-5,7H,1H2,2-3H3,(H,8,9)(H,10,11,12);;1H2/q;+1;/p-1. The van der Waals surface area contributed by atoms with E-state index < -0.39 is 27.3 Å². The normalized spacial score (nSPS) is 12.0. The van der Waals surface area contributed by atoms with Crippen LogP contribution >= 0.6 is 0 Å². The summed E-state index contributed by atoms with van der Waals surface area (Å²) >= 11 is 0. The van der Waals surface area contributed by atoms with Gasteiger partial charge < -0.3 is 15.3 Å². The van der Waals surface area contributed by atoms with E-state index in [9.17, 15) is 17.8 Å². The van der Waals surface area contributed by atoms with Crippen molar-refractivity contribution in [3.05, 3.63) is 12.7 Å². The zero-order valence-corrected chi connectivity index (χ0v) is 11.8. The van der Waals surface area contributed by atoms with Crippen molar-refractivity contribution >= 4 is 16.0 Å². The quantitative estimate of drug-likeness (QED) is 0.309. The Morgan fingerprint density at radius 1 is 1.47 bits per heavy atom. The fraction of sp³-hybridized carbons (Fsp3) is 0.571. The molecular formula is C7H14NNaO5S. The van der Waals surface area contributed by atoms with E-state index in [2.05, 4.69) is 6.58 Å². The van der Waals surface area contributed by atoms with Crippen LogP contribution in [-0.4, -0.2) is 29.7 Å². The van der Waals surface area contributed by atoms with Crippen molar-refractivity contribution in [3.8, 4) is 0 Å². The van der Waals surface area contributed by atoms with Crippen LogP contribution in [0.2, 0.25) is 0 Å². The van der Waals surface area contributed by atoms with Gasteiger partial charge in [0.05, 0.1) is 0 Å². The predicted octanol–water partition coefficient (Wildman–Crippen LogP) is -4.00. The Morgan fingerprint density at radius 2 is 1.87 bits per heavy atom. The van der Waals surface area contributed by atoms with Gasteiger partial charge in [-0.3, -0.25) is 4.79 Å². The van der Waals surface area contributed by atoms with Crippen LogP contribution < -0.4 is 34.9 Å². The Hall–Kier alpha value is 0.0800. The Morgan fingerprint density at radius 3 is 2.07 bits per heavy atom. The molecule has 1 unspecified atom stereocenters. The molecule has 0 saturated carbocycles. The van der Waals surface area contributed by atoms with Crippen LogP contribution in [0.5, 0.6) is 0 Å². The summed E-state index contributed by atoms with van der Waals surface area (Å²) in [5.41, 5.74) is 0. The van der Waals surface area contributed by atoms with Crippen LogP contribution in [0.3, 0.4) is 0 Å². The molecule has 0 aliphatic rings. The molecule has 0 fully saturated rings. The number of amides is 1. The zero-order valence-electron chi connectivity index (χ0n) is 8.98. The van der Waals surface area contributed by atoms with Gasteiger partial charge >= 0.3 is 29.6 Å². The summed E-state index contributed by atoms with van der Waals surface area (Å²) in [6, 6.07) is 0. The van der Waals surface area contributed by atoms with Crippen molar-refractivity contribution in [1.29, 1.82) is 0 Å². The molecule has 3 N–H and O–H groups in total. The van der Waals surface area contributed by atoms with Crippen molar-refractivity contribution < 1.29 is 52.8 Å². The molecule has 0 aromatic carbocycles. The van der Waals surface area contributed by atoms with Crippen molar-refractivity contribution in [2.45, 2.75) is 19.2 Å². The van der Waals surface area contributed by atoms with Crippen molar-refractivity contribution in [1.82, 2.24) is 5.32 Å². The smallest absolute Gasteiger partial charge is 0.746 e. The van der Waals surface area contributed by atoms with Gasteiger partial charge in [0.15, 0.2) is 0 Å². The number of nitrogens with one attached hydrogen (secondary N) is 1. The zero-order chi connectivity index (χ0) is 10.6. The Balaban J connectivity index is -0.000000720. The third-order valence-corrected chi connectivity index (χ3v) is 2.67. The molecule has 0 radical (unpaired) electrons. The number of carbonyl (C=O) groups excluding carboxylic acids is 1. The fourth-order valence-corrected chi connectivity index (χ4v) is 1.70. The van der Waals surface area contributed by atoms with Gasteiger partial charge in [-0.05, 0) is 12.0 Å². The van der Waals surface area contributed by atoms with Crippen LogP contribution in [0, 0.1) is 5.92 Å². The van der Waals surface area contributed by atoms with Gasteiger partial charge in [0.25, 0.3) is 0 Å². The number of hydrogen-bond acceptors (Lipinski definition) is 4. The predicted molar refractivity (Wildman–Crippen MR) is 50.3 cm³/mol. The fourth-order valence-electron chi connectivity index (χ4n) is 0.771. The average Bonchev–Trinajstić information content (AvgIpc) is 1.96. The summed E-state index contributed by atoms with van der Waals surface area (Å²) in [5, 5.41) is 0.658. The van der Waals surface area contributed by atoms with Gasteiger partial charge in [-0.2, -0.15) is 0 Å². The number of hydrogen-bond donors (Lipinski definition) is 1. The second kappa shape index (κ2) is 8.26. The molecule has 84 valence electrons. The second-order valence-electron chi connectivity index (χ2n) is 2.87. The maximum Gasteiger partial charge on any atom is 1.00 e. The molecule has 0 saturated heterocycles. The summed E-state index contributed by atoms with van der Waals surface area (Å²) in [7, 11) is -4.50. The average molecular weight is 247 g/mol. The van der Waals surface area contributed by atoms with Gasteiger partial charge in [-0.1, -0.05) is 20.4 Å². The molecule has 8 heteroatoms. The van der Waals surface area contributed by atoms with Crippen LogP contribution in [0.1, 0.15) is 13.8 Å². The minimum Gasteiger partial charge on any atom is -0.746 e. The summed E-state index contributed by atoms with van der Waals surface area (Å²) in [4.78, 5) is 10.7. The molecule has 0 aliphatic heterocycles. The molecule has 1 atom stereocenters. The molecule has 0 spiro atoms. The Bertz CT molecular complexity index is 301. The first-order valence-corrected chi connectivity index (χ1v) is 5.13. The van der Waals surface area contributed by atoms with E-state index in [4.69, 9.17) is 0 Å². The maximum absolute atomic E-state index is 10.7. The molecule has 0 bridgehead atoms. The van der Waals surface area contributed by atoms with Gasteiger partial charge in [0, 0.05) is 0 Å². The Kier molecular flexibility index (Phi) is 11.3. The van der Waals surface area contributed by atoms with E-state index in [1.807, 2.05) is 5.32 Å². The van der Waals surface area contributed by atoms with Gasteiger partial charge in [-0.25, -0.2) is 8.42 Å². The van der Waals surface area contributed by atoms with Crippen LogP contribution in [0.25, 0.3) is 0 Å². The minimum atomic E-state index is -4.50. The third-order valence-electron chi connectivity index (χ3n) is 1.39. The van der Waals surface area contributed by atoms with Crippen molar-refractivity contribution in [2.24, 2.45) is 5.92 Å². The Labute approximate surface area is 111 Å². The van der Waals surface area contributed by atoms with Crippen LogP contribution in [0.15, 0.2) is 12.7 Å². The molecule has 0 aromatic rings. The molecule has 15 heavy (non-hydrogen) atoms. The third kappa shape index (κ3) is 7.95. The van der Waals surface area contributed by atoms with E-state index in [1.165, 1.54) is 13.8 Å². The van der Waals surface area contributed by atoms with E-state index >= 15 is 0 Å². The summed E-state index contributed by atoms with van der Waals surface area (Å²) in [5.74, 6) is -1.13. The van der Waals surface area contributed by atoms with E-state index in [0.717, 1.165) is 6.08 Å². The molecular weight excluding hydrogens is 233 g/mol. The number of rotatable bonds is 4. The van der Waals surface area contributed by atoms with Crippen LogP contribution in [-0.2, 0) is 14.9 Å². The SMILES string of the molecule is C=CC(=O)NC(C(C)C)S(=O)(=O)[O-].O.[Na+]. The van der Waals surface area contributed by atoms with E-state index in [-0.39, 0.29) is 35.0 Å². The first-order chi connectivity index (χ1) is 5.79. The van der Waals surface area contributed by atoms with Gasteiger partial charge in [0.2, 0.25) is 5.91 Å². The number of carbonyl (C=O) groups is 1. The van der Waals surface area contributed by atoms with Gasteiger partial charge in [0.1, 0.15) is 15.5 Å². The first kappa shape index (κ1) is 20.5. The molecule has 6 nitrogen and oxygen atoms in total. The molecule has 1 amide bonds.